The van der Waals surface area contributed by atoms with Gasteiger partial charge in [-0.15, -0.1) is 0 Å². The molecule has 5 rings (SSSR count). The Morgan fingerprint density at radius 3 is 1.14 bits per heavy atom. The van der Waals surface area contributed by atoms with Gasteiger partial charge >= 0.3 is 0 Å². The first-order chi connectivity index (χ1) is 20.5. The molecular formula is C41H48Si. The highest BCUT2D eigenvalue weighted by Crippen LogP contribution is 2.36. The van der Waals surface area contributed by atoms with Crippen molar-refractivity contribution in [1.82, 2.24) is 0 Å². The molecule has 0 saturated heterocycles. The lowest BCUT2D eigenvalue weighted by atomic mass is 10.1. The van der Waals surface area contributed by atoms with Crippen molar-refractivity contribution in [3.05, 3.63) is 141 Å². The normalized spacial score (nSPS) is 13.3. The quantitative estimate of drug-likeness (QED) is 0.126. The minimum Gasteiger partial charge on any atom is -0.0798 e. The van der Waals surface area contributed by atoms with Crippen molar-refractivity contribution in [2.75, 3.05) is 0 Å². The highest BCUT2D eigenvalue weighted by molar-refractivity contribution is 7.17. The van der Waals surface area contributed by atoms with E-state index in [0.717, 1.165) is 44.9 Å². The monoisotopic (exact) mass is 568 g/mol. The van der Waals surface area contributed by atoms with Crippen LogP contribution in [-0.4, -0.2) is 8.07 Å². The number of benzene rings is 4. The van der Waals surface area contributed by atoms with Crippen molar-refractivity contribution in [3.63, 3.8) is 0 Å². The maximum absolute atomic E-state index is 2.73. The Bertz CT molecular complexity index is 1400. The highest BCUT2D eigenvalue weighted by atomic mass is 28.3. The van der Waals surface area contributed by atoms with Crippen molar-refractivity contribution in [2.45, 2.75) is 86.5 Å². The molecule has 0 spiro atoms. The topological polar surface area (TPSA) is 0 Å². The first kappa shape index (κ1) is 30.0. The summed E-state index contributed by atoms with van der Waals surface area (Å²) in [7, 11) is -2.73. The average molecular weight is 569 g/mol. The number of hydrogen-bond acceptors (Lipinski definition) is 0. The molecule has 0 radical (unpaired) electrons. The van der Waals surface area contributed by atoms with Crippen LogP contribution in [0.15, 0.2) is 102 Å². The van der Waals surface area contributed by atoms with Gasteiger partial charge in [0.25, 0.3) is 0 Å². The number of rotatable bonds is 11. The predicted molar refractivity (Wildman–Crippen MR) is 187 cm³/mol. The number of aryl methyl sites for hydroxylation is 6. The summed E-state index contributed by atoms with van der Waals surface area (Å²) in [6.45, 7) is 13.9. The molecule has 42 heavy (non-hydrogen) atoms. The molecule has 0 amide bonds. The molecule has 0 heterocycles. The molecule has 0 saturated carbocycles. The lowest BCUT2D eigenvalue weighted by Crippen LogP contribution is -2.69. The van der Waals surface area contributed by atoms with Gasteiger partial charge in [-0.1, -0.05) is 139 Å². The fraction of sp³-hybridized carbons (Fsp3) is 0.317. The van der Waals surface area contributed by atoms with E-state index in [9.17, 15) is 0 Å². The first-order valence-corrected chi connectivity index (χ1v) is 18.4. The van der Waals surface area contributed by atoms with Gasteiger partial charge in [-0.05, 0) is 110 Å². The highest BCUT2D eigenvalue weighted by Gasteiger charge is 2.46. The van der Waals surface area contributed by atoms with Crippen molar-refractivity contribution >= 4 is 29.2 Å². The second-order valence-corrected chi connectivity index (χ2v) is 15.6. The molecule has 0 N–H and O–H groups in total. The van der Waals surface area contributed by atoms with Gasteiger partial charge in [0.1, 0.15) is 0 Å². The zero-order valence-electron chi connectivity index (χ0n) is 26.7. The molecule has 1 heteroatoms. The average Bonchev–Trinajstić information content (AvgIpc) is 3.55. The molecule has 1 aliphatic rings. The molecule has 1 aliphatic carbocycles. The molecule has 0 nitrogen and oxygen atoms in total. The molecule has 0 aliphatic heterocycles. The summed E-state index contributed by atoms with van der Waals surface area (Å²) in [6, 6.07) is 34.0. The van der Waals surface area contributed by atoms with Gasteiger partial charge in [-0.2, -0.15) is 0 Å². The number of allylic oxidation sites excluding steroid dienone is 4. The Morgan fingerprint density at radius 2 is 0.810 bits per heavy atom. The summed E-state index contributed by atoms with van der Waals surface area (Å²) in [5, 5.41) is 6.19. The van der Waals surface area contributed by atoms with Crippen molar-refractivity contribution < 1.29 is 0 Å². The van der Waals surface area contributed by atoms with Gasteiger partial charge in [0.05, 0.1) is 0 Å². The van der Waals surface area contributed by atoms with Crippen LogP contribution >= 0.6 is 0 Å². The summed E-state index contributed by atoms with van der Waals surface area (Å²) in [6.07, 6.45) is 12.4. The Balaban J connectivity index is 1.99. The lowest BCUT2D eigenvalue weighted by molar-refractivity contribution is 1.09. The smallest absolute Gasteiger partial charge is 0.0798 e. The van der Waals surface area contributed by atoms with Gasteiger partial charge in [0.2, 0.25) is 0 Å². The van der Waals surface area contributed by atoms with Crippen LogP contribution in [0.5, 0.6) is 0 Å². The van der Waals surface area contributed by atoms with Gasteiger partial charge < -0.3 is 0 Å². The van der Waals surface area contributed by atoms with Crippen LogP contribution in [0, 0.1) is 0 Å². The second kappa shape index (κ2) is 13.3. The maximum Gasteiger partial charge on any atom is 0.179 e. The summed E-state index contributed by atoms with van der Waals surface area (Å²) < 4.78 is 0. The Kier molecular flexibility index (Phi) is 9.49. The van der Waals surface area contributed by atoms with E-state index in [1.54, 1.807) is 20.8 Å². The van der Waals surface area contributed by atoms with E-state index in [0.29, 0.717) is 0 Å². The lowest BCUT2D eigenvalue weighted by Gasteiger charge is -2.38. The fourth-order valence-electron chi connectivity index (χ4n) is 6.89. The van der Waals surface area contributed by atoms with E-state index >= 15 is 0 Å². The van der Waals surface area contributed by atoms with Crippen molar-refractivity contribution in [2.24, 2.45) is 0 Å². The Hall–Kier alpha value is -3.42. The van der Waals surface area contributed by atoms with Crippen LogP contribution in [0.4, 0.5) is 0 Å². The molecule has 0 aromatic heterocycles. The van der Waals surface area contributed by atoms with Gasteiger partial charge in [-0.25, -0.2) is 0 Å². The van der Waals surface area contributed by atoms with Crippen molar-refractivity contribution in [3.8, 4) is 0 Å². The molecule has 0 bridgehead atoms. The minimum absolute atomic E-state index is 0.991. The molecule has 0 atom stereocenters. The van der Waals surface area contributed by atoms with Crippen LogP contribution in [0.1, 0.15) is 86.9 Å². The molecular weight excluding hydrogens is 521 g/mol. The van der Waals surface area contributed by atoms with E-state index in [1.807, 2.05) is 0 Å². The van der Waals surface area contributed by atoms with E-state index in [-0.39, 0.29) is 0 Å². The van der Waals surface area contributed by atoms with E-state index in [4.69, 9.17) is 0 Å². The van der Waals surface area contributed by atoms with Crippen LogP contribution in [0.25, 0.3) is 5.57 Å². The van der Waals surface area contributed by atoms with Crippen LogP contribution in [0.3, 0.4) is 0 Å². The van der Waals surface area contributed by atoms with Gasteiger partial charge in [0.15, 0.2) is 8.07 Å². The molecule has 0 unspecified atom stereocenters. The molecule has 4 aromatic carbocycles. The zero-order valence-corrected chi connectivity index (χ0v) is 27.7. The number of hydrogen-bond donors (Lipinski definition) is 0. The molecule has 4 aromatic rings. The summed E-state index contributed by atoms with van der Waals surface area (Å²) in [5.41, 5.74) is 11.5. The first-order valence-electron chi connectivity index (χ1n) is 16.4. The van der Waals surface area contributed by atoms with E-state index < -0.39 is 8.07 Å². The third-order valence-corrected chi connectivity index (χ3v) is 14.1. The summed E-state index contributed by atoms with van der Waals surface area (Å²) >= 11 is 0. The third kappa shape index (κ3) is 5.64. The van der Waals surface area contributed by atoms with Crippen molar-refractivity contribution in [1.29, 1.82) is 0 Å². The zero-order chi connectivity index (χ0) is 29.7. The Morgan fingerprint density at radius 1 is 0.452 bits per heavy atom. The van der Waals surface area contributed by atoms with E-state index in [1.165, 1.54) is 44.5 Å². The third-order valence-electron chi connectivity index (χ3n) is 9.33. The second-order valence-electron chi connectivity index (χ2n) is 11.8. The molecule has 216 valence electrons. The van der Waals surface area contributed by atoms with Gasteiger partial charge in [-0.3, -0.25) is 0 Å². The predicted octanol–water partition coefficient (Wildman–Crippen LogP) is 8.48. The van der Waals surface area contributed by atoms with Crippen LogP contribution < -0.4 is 15.6 Å². The SMILES string of the molecule is CCc1cc(CC)cc([Si](C2=CCC=C2c2ccccc2)(c2cc(CC)cc(CC)c2)c2cc(CC)cc(CC)c2)c1. The Labute approximate surface area is 256 Å². The standard InChI is InChI=1S/C41H48Si/c1-7-30-21-31(8-2)25-37(24-30)42(38-26-32(9-3)22-33(10-4)27-38,39-28-34(11-5)23-35(12-6)29-39)41-20-16-19-40(41)36-17-14-13-15-18-36/h13-15,17-29H,7-12,16H2,1-6H3. The van der Waals surface area contributed by atoms with E-state index in [2.05, 4.69) is 139 Å². The van der Waals surface area contributed by atoms with Crippen LogP contribution in [0.2, 0.25) is 0 Å². The van der Waals surface area contributed by atoms with Crippen LogP contribution in [-0.2, 0) is 38.5 Å². The molecule has 0 fully saturated rings. The minimum atomic E-state index is -2.73. The maximum atomic E-state index is 2.59. The summed E-state index contributed by atoms with van der Waals surface area (Å²) in [4.78, 5) is 0. The van der Waals surface area contributed by atoms with Gasteiger partial charge in [0, 0.05) is 0 Å². The largest absolute Gasteiger partial charge is 0.179 e. The fourth-order valence-corrected chi connectivity index (χ4v) is 12.3. The summed E-state index contributed by atoms with van der Waals surface area (Å²) in [5.74, 6) is 0.